The summed E-state index contributed by atoms with van der Waals surface area (Å²) in [4.78, 5) is 21.7. The predicted molar refractivity (Wildman–Crippen MR) is 95.7 cm³/mol. The molecule has 1 aromatic heterocycles. The van der Waals surface area contributed by atoms with Crippen molar-refractivity contribution in [3.63, 3.8) is 0 Å². The van der Waals surface area contributed by atoms with Crippen molar-refractivity contribution in [2.45, 2.75) is 26.2 Å². The maximum atomic E-state index is 12.8. The summed E-state index contributed by atoms with van der Waals surface area (Å²) in [6.07, 6.45) is 3.33. The Balaban J connectivity index is 1.59. The van der Waals surface area contributed by atoms with Crippen molar-refractivity contribution in [3.05, 3.63) is 53.7 Å². The smallest absolute Gasteiger partial charge is 0.272 e. The number of nitrogens with zero attached hydrogens (tertiary/aromatic N) is 3. The number of pyridine rings is 1. The zero-order chi connectivity index (χ0) is 16.5. The molecule has 1 fully saturated rings. The number of fused-ring (bicyclic) bond motifs is 1. The number of benzene rings is 1. The molecule has 3 heterocycles. The largest absolute Gasteiger partial charge is 0.337 e. The highest BCUT2D eigenvalue weighted by Gasteiger charge is 2.25. The molecule has 0 spiro atoms. The summed E-state index contributed by atoms with van der Waals surface area (Å²) in [6.45, 7) is 4.83. The Kier molecular flexibility index (Phi) is 3.97. The molecular formula is C20H23N3O. The highest BCUT2D eigenvalue weighted by molar-refractivity contribution is 5.93. The number of aromatic nitrogens is 1. The molecule has 2 aliphatic heterocycles. The molecule has 0 saturated carbocycles. The van der Waals surface area contributed by atoms with Gasteiger partial charge in [0, 0.05) is 25.3 Å². The monoisotopic (exact) mass is 321 g/mol. The molecule has 0 radical (unpaired) electrons. The van der Waals surface area contributed by atoms with Crippen molar-refractivity contribution in [2.75, 3.05) is 24.5 Å². The van der Waals surface area contributed by atoms with E-state index in [9.17, 15) is 4.79 Å². The zero-order valence-corrected chi connectivity index (χ0v) is 14.1. The second-order valence-corrected chi connectivity index (χ2v) is 6.91. The lowest BCUT2D eigenvalue weighted by atomic mass is 10.00. The number of piperidine rings is 1. The quantitative estimate of drug-likeness (QED) is 0.847. The van der Waals surface area contributed by atoms with Crippen molar-refractivity contribution < 1.29 is 4.79 Å². The van der Waals surface area contributed by atoms with Crippen LogP contribution in [0, 0.1) is 5.92 Å². The molecule has 124 valence electrons. The predicted octanol–water partition coefficient (Wildman–Crippen LogP) is 3.65. The normalized spacial score (nSPS) is 20.1. The van der Waals surface area contributed by atoms with E-state index in [4.69, 9.17) is 0 Å². The number of carbonyl (C=O) groups excluding carboxylic acids is 1. The first-order valence-corrected chi connectivity index (χ1v) is 8.84. The van der Waals surface area contributed by atoms with Crippen LogP contribution in [0.3, 0.4) is 0 Å². The van der Waals surface area contributed by atoms with Gasteiger partial charge in [0.15, 0.2) is 0 Å². The zero-order valence-electron chi connectivity index (χ0n) is 14.1. The van der Waals surface area contributed by atoms with E-state index < -0.39 is 0 Å². The van der Waals surface area contributed by atoms with Gasteiger partial charge in [0.25, 0.3) is 5.91 Å². The minimum Gasteiger partial charge on any atom is -0.337 e. The van der Waals surface area contributed by atoms with Crippen LogP contribution in [-0.4, -0.2) is 35.4 Å². The van der Waals surface area contributed by atoms with E-state index in [0.29, 0.717) is 11.6 Å². The number of hydrogen-bond acceptors (Lipinski definition) is 3. The second-order valence-electron chi connectivity index (χ2n) is 6.91. The molecule has 1 amide bonds. The van der Waals surface area contributed by atoms with Gasteiger partial charge >= 0.3 is 0 Å². The van der Waals surface area contributed by atoms with Gasteiger partial charge in [0.05, 0.1) is 0 Å². The van der Waals surface area contributed by atoms with Gasteiger partial charge in [-0.25, -0.2) is 4.98 Å². The lowest BCUT2D eigenvalue weighted by molar-refractivity contribution is 0.0677. The SMILES string of the molecule is CC1CCCN(C(=O)c2cccc(N3CCc4ccccc43)n2)C1. The Morgan fingerprint density at radius 2 is 2.00 bits per heavy atom. The van der Waals surface area contributed by atoms with E-state index in [2.05, 4.69) is 41.1 Å². The van der Waals surface area contributed by atoms with E-state index >= 15 is 0 Å². The van der Waals surface area contributed by atoms with Crippen LogP contribution in [0.1, 0.15) is 35.8 Å². The number of para-hydroxylation sites is 1. The third-order valence-corrected chi connectivity index (χ3v) is 5.06. The minimum atomic E-state index is 0.0656. The maximum Gasteiger partial charge on any atom is 0.272 e. The van der Waals surface area contributed by atoms with Crippen molar-refractivity contribution in [1.82, 2.24) is 9.88 Å². The van der Waals surface area contributed by atoms with Gasteiger partial charge in [-0.3, -0.25) is 4.79 Å². The van der Waals surface area contributed by atoms with Crippen molar-refractivity contribution >= 4 is 17.4 Å². The van der Waals surface area contributed by atoms with Gasteiger partial charge in [-0.05, 0) is 48.9 Å². The molecule has 0 N–H and O–H groups in total. The van der Waals surface area contributed by atoms with Crippen LogP contribution in [0.2, 0.25) is 0 Å². The Bertz CT molecular complexity index is 758. The molecule has 4 heteroatoms. The number of hydrogen-bond donors (Lipinski definition) is 0. The van der Waals surface area contributed by atoms with Crippen molar-refractivity contribution in [1.29, 1.82) is 0 Å². The van der Waals surface area contributed by atoms with E-state index in [1.165, 1.54) is 17.7 Å². The second kappa shape index (κ2) is 6.27. The molecule has 1 saturated heterocycles. The van der Waals surface area contributed by atoms with Crippen LogP contribution in [-0.2, 0) is 6.42 Å². The molecule has 1 unspecified atom stereocenters. The standard InChI is InChI=1S/C20H23N3O/c1-15-6-5-12-22(14-15)20(24)17-8-4-10-19(21-17)23-13-11-16-7-2-3-9-18(16)23/h2-4,7-10,15H,5-6,11-14H2,1H3. The number of likely N-dealkylation sites (tertiary alicyclic amines) is 1. The summed E-state index contributed by atoms with van der Waals surface area (Å²) >= 11 is 0. The maximum absolute atomic E-state index is 12.8. The fraction of sp³-hybridized carbons (Fsp3) is 0.400. The van der Waals surface area contributed by atoms with Gasteiger partial charge in [0.1, 0.15) is 11.5 Å². The van der Waals surface area contributed by atoms with Crippen LogP contribution >= 0.6 is 0 Å². The third-order valence-electron chi connectivity index (χ3n) is 5.06. The number of carbonyl (C=O) groups is 1. The highest BCUT2D eigenvalue weighted by atomic mass is 16.2. The Labute approximate surface area is 143 Å². The molecule has 4 nitrogen and oxygen atoms in total. The van der Waals surface area contributed by atoms with Gasteiger partial charge in [-0.15, -0.1) is 0 Å². The van der Waals surface area contributed by atoms with E-state index in [-0.39, 0.29) is 5.91 Å². The number of amides is 1. The minimum absolute atomic E-state index is 0.0656. The third kappa shape index (κ3) is 2.77. The van der Waals surface area contributed by atoms with Gasteiger partial charge in [0.2, 0.25) is 0 Å². The average molecular weight is 321 g/mol. The number of rotatable bonds is 2. The van der Waals surface area contributed by atoms with Crippen molar-refractivity contribution in [3.8, 4) is 0 Å². The van der Waals surface area contributed by atoms with Crippen LogP contribution in [0.5, 0.6) is 0 Å². The molecule has 1 aromatic carbocycles. The Morgan fingerprint density at radius 1 is 1.12 bits per heavy atom. The lowest BCUT2D eigenvalue weighted by Gasteiger charge is -2.30. The van der Waals surface area contributed by atoms with E-state index in [1.807, 2.05) is 23.1 Å². The average Bonchev–Trinajstić information content (AvgIpc) is 3.05. The lowest BCUT2D eigenvalue weighted by Crippen LogP contribution is -2.39. The molecule has 2 aliphatic rings. The Morgan fingerprint density at radius 3 is 2.88 bits per heavy atom. The molecule has 0 aliphatic carbocycles. The van der Waals surface area contributed by atoms with Crippen molar-refractivity contribution in [2.24, 2.45) is 5.92 Å². The first kappa shape index (κ1) is 15.2. The van der Waals surface area contributed by atoms with E-state index in [0.717, 1.165) is 38.3 Å². The van der Waals surface area contributed by atoms with Crippen LogP contribution in [0.25, 0.3) is 0 Å². The first-order valence-electron chi connectivity index (χ1n) is 8.84. The summed E-state index contributed by atoms with van der Waals surface area (Å²) in [7, 11) is 0. The van der Waals surface area contributed by atoms with Crippen LogP contribution in [0.4, 0.5) is 11.5 Å². The Hall–Kier alpha value is -2.36. The first-order chi connectivity index (χ1) is 11.7. The number of anilines is 2. The van der Waals surface area contributed by atoms with Gasteiger partial charge in [-0.1, -0.05) is 31.2 Å². The highest BCUT2D eigenvalue weighted by Crippen LogP contribution is 2.33. The molecular weight excluding hydrogens is 298 g/mol. The topological polar surface area (TPSA) is 36.4 Å². The molecule has 2 aromatic rings. The summed E-state index contributed by atoms with van der Waals surface area (Å²) in [6, 6.07) is 14.2. The fourth-order valence-electron chi connectivity index (χ4n) is 3.80. The fourth-order valence-corrected chi connectivity index (χ4v) is 3.80. The van der Waals surface area contributed by atoms with Crippen LogP contribution < -0.4 is 4.90 Å². The summed E-state index contributed by atoms with van der Waals surface area (Å²) < 4.78 is 0. The molecule has 4 rings (SSSR count). The molecule has 1 atom stereocenters. The molecule has 0 bridgehead atoms. The summed E-state index contributed by atoms with van der Waals surface area (Å²) in [5, 5.41) is 0. The van der Waals surface area contributed by atoms with Gasteiger partial charge < -0.3 is 9.80 Å². The van der Waals surface area contributed by atoms with Gasteiger partial charge in [-0.2, -0.15) is 0 Å². The summed E-state index contributed by atoms with van der Waals surface area (Å²) in [5.41, 5.74) is 3.12. The summed E-state index contributed by atoms with van der Waals surface area (Å²) in [5.74, 6) is 1.52. The van der Waals surface area contributed by atoms with E-state index in [1.54, 1.807) is 0 Å². The van der Waals surface area contributed by atoms with Crippen LogP contribution in [0.15, 0.2) is 42.5 Å². The molecule has 24 heavy (non-hydrogen) atoms.